The number of benzene rings is 1. The summed E-state index contributed by atoms with van der Waals surface area (Å²) in [5.41, 5.74) is 1.47. The van der Waals surface area contributed by atoms with Crippen LogP contribution in [0.4, 0.5) is 16.1 Å². The number of nitrogens with zero attached hydrogens (tertiary/aromatic N) is 2. The molecule has 0 aliphatic heterocycles. The number of hydrogen-bond acceptors (Lipinski definition) is 4. The molecule has 1 N–H and O–H groups in total. The Labute approximate surface area is 96.4 Å². The first-order valence-electron chi connectivity index (χ1n) is 4.60. The average molecular weight is 242 g/mol. The van der Waals surface area contributed by atoms with Crippen LogP contribution in [-0.4, -0.2) is 10.2 Å². The Hall–Kier alpha value is -1.62. The normalized spacial score (nSPS) is 10.4. The van der Waals surface area contributed by atoms with Crippen LogP contribution >= 0.6 is 11.6 Å². The van der Waals surface area contributed by atoms with Gasteiger partial charge in [0.15, 0.2) is 0 Å². The lowest BCUT2D eigenvalue weighted by atomic mass is 10.2. The van der Waals surface area contributed by atoms with E-state index in [1.54, 1.807) is 13.0 Å². The maximum Gasteiger partial charge on any atom is 0.320 e. The Morgan fingerprint density at radius 2 is 2.25 bits per heavy atom. The fraction of sp³-hybridized carbons (Fsp3) is 0.200. The number of halogens is 2. The van der Waals surface area contributed by atoms with Crippen molar-refractivity contribution in [2.24, 2.45) is 0 Å². The molecule has 0 unspecified atom stereocenters. The molecule has 0 aliphatic carbocycles. The summed E-state index contributed by atoms with van der Waals surface area (Å²) in [6.07, 6.45) is 0. The lowest BCUT2D eigenvalue weighted by Crippen LogP contribution is -1.93. The van der Waals surface area contributed by atoms with Crippen molar-refractivity contribution in [2.45, 2.75) is 12.8 Å². The van der Waals surface area contributed by atoms with Gasteiger partial charge in [-0.15, -0.1) is 16.7 Å². The van der Waals surface area contributed by atoms with Gasteiger partial charge in [0, 0.05) is 5.69 Å². The molecule has 0 spiro atoms. The Morgan fingerprint density at radius 3 is 2.88 bits per heavy atom. The smallest absolute Gasteiger partial charge is 0.320 e. The quantitative estimate of drug-likeness (QED) is 0.840. The highest BCUT2D eigenvalue weighted by atomic mass is 35.5. The maximum atomic E-state index is 12.8. The number of alkyl halides is 1. The largest absolute Gasteiger partial charge is 0.407 e. The summed E-state index contributed by atoms with van der Waals surface area (Å²) in [6.45, 7) is 1.78. The van der Waals surface area contributed by atoms with Gasteiger partial charge < -0.3 is 9.73 Å². The molecule has 2 aromatic rings. The van der Waals surface area contributed by atoms with Crippen LogP contribution in [0.3, 0.4) is 0 Å². The minimum atomic E-state index is -0.282. The van der Waals surface area contributed by atoms with Crippen molar-refractivity contribution < 1.29 is 8.81 Å². The van der Waals surface area contributed by atoms with Crippen LogP contribution in [0.25, 0.3) is 0 Å². The Kier molecular flexibility index (Phi) is 3.05. The third kappa shape index (κ3) is 2.30. The molecule has 0 fully saturated rings. The summed E-state index contributed by atoms with van der Waals surface area (Å²) in [6, 6.07) is 4.62. The lowest BCUT2D eigenvalue weighted by molar-refractivity contribution is 0.530. The molecule has 1 aromatic carbocycles. The van der Waals surface area contributed by atoms with Crippen molar-refractivity contribution >= 4 is 23.3 Å². The SMILES string of the molecule is Cc1cc(F)ccc1Nc1nnc(CCl)o1. The number of aromatic nitrogens is 2. The van der Waals surface area contributed by atoms with Crippen LogP contribution in [0.1, 0.15) is 11.5 Å². The van der Waals surface area contributed by atoms with Gasteiger partial charge in [0.2, 0.25) is 5.89 Å². The number of hydrogen-bond donors (Lipinski definition) is 1. The zero-order chi connectivity index (χ0) is 11.5. The summed E-state index contributed by atoms with van der Waals surface area (Å²) in [5.74, 6) is 0.218. The van der Waals surface area contributed by atoms with E-state index in [0.717, 1.165) is 5.56 Å². The van der Waals surface area contributed by atoms with E-state index in [9.17, 15) is 4.39 Å². The van der Waals surface area contributed by atoms with E-state index >= 15 is 0 Å². The van der Waals surface area contributed by atoms with Crippen molar-refractivity contribution in [3.05, 3.63) is 35.5 Å². The zero-order valence-electron chi connectivity index (χ0n) is 8.50. The minimum absolute atomic E-state index is 0.164. The lowest BCUT2D eigenvalue weighted by Gasteiger charge is -2.04. The molecule has 2 rings (SSSR count). The van der Waals surface area contributed by atoms with Crippen LogP contribution in [-0.2, 0) is 5.88 Å². The monoisotopic (exact) mass is 241 g/mol. The third-order valence-electron chi connectivity index (χ3n) is 2.01. The second-order valence-electron chi connectivity index (χ2n) is 3.22. The first-order chi connectivity index (χ1) is 7.69. The van der Waals surface area contributed by atoms with Gasteiger partial charge in [-0.3, -0.25) is 0 Å². The first-order valence-corrected chi connectivity index (χ1v) is 5.14. The van der Waals surface area contributed by atoms with Crippen LogP contribution in [0.15, 0.2) is 22.6 Å². The van der Waals surface area contributed by atoms with Crippen LogP contribution in [0.2, 0.25) is 0 Å². The molecular formula is C10H9ClFN3O. The number of rotatable bonds is 3. The predicted molar refractivity (Wildman–Crippen MR) is 58.3 cm³/mol. The summed E-state index contributed by atoms with van der Waals surface area (Å²) in [7, 11) is 0. The molecule has 0 amide bonds. The Balaban J connectivity index is 2.20. The highest BCUT2D eigenvalue weighted by molar-refractivity contribution is 6.16. The van der Waals surface area contributed by atoms with Crippen LogP contribution in [0, 0.1) is 12.7 Å². The Morgan fingerprint density at radius 1 is 1.44 bits per heavy atom. The minimum Gasteiger partial charge on any atom is -0.407 e. The molecule has 0 bridgehead atoms. The second kappa shape index (κ2) is 4.49. The molecule has 0 radical (unpaired) electrons. The van der Waals surface area contributed by atoms with E-state index in [1.807, 2.05) is 0 Å². The average Bonchev–Trinajstić information content (AvgIpc) is 2.70. The molecule has 6 heteroatoms. The van der Waals surface area contributed by atoms with Crippen molar-refractivity contribution in [1.82, 2.24) is 10.2 Å². The number of nitrogens with one attached hydrogen (secondary N) is 1. The van der Waals surface area contributed by atoms with Gasteiger partial charge in [0.05, 0.1) is 0 Å². The van der Waals surface area contributed by atoms with E-state index in [0.29, 0.717) is 11.6 Å². The summed E-state index contributed by atoms with van der Waals surface area (Å²) >= 11 is 5.52. The van der Waals surface area contributed by atoms with Gasteiger partial charge in [0.25, 0.3) is 0 Å². The van der Waals surface area contributed by atoms with Gasteiger partial charge >= 0.3 is 6.01 Å². The summed E-state index contributed by atoms with van der Waals surface area (Å²) in [4.78, 5) is 0. The van der Waals surface area contributed by atoms with Gasteiger partial charge in [-0.2, -0.15) is 0 Å². The molecule has 4 nitrogen and oxygen atoms in total. The highest BCUT2D eigenvalue weighted by Gasteiger charge is 2.06. The molecule has 1 heterocycles. The van der Waals surface area contributed by atoms with Crippen LogP contribution in [0.5, 0.6) is 0 Å². The van der Waals surface area contributed by atoms with E-state index in [4.69, 9.17) is 16.0 Å². The molecule has 16 heavy (non-hydrogen) atoms. The van der Waals surface area contributed by atoms with Crippen molar-refractivity contribution in [2.75, 3.05) is 5.32 Å². The van der Waals surface area contributed by atoms with Crippen molar-refractivity contribution in [3.63, 3.8) is 0 Å². The fourth-order valence-corrected chi connectivity index (χ4v) is 1.35. The third-order valence-corrected chi connectivity index (χ3v) is 2.24. The molecule has 0 atom stereocenters. The molecule has 0 saturated heterocycles. The molecule has 0 aliphatic rings. The van der Waals surface area contributed by atoms with E-state index in [1.165, 1.54) is 12.1 Å². The van der Waals surface area contributed by atoms with Crippen molar-refractivity contribution in [3.8, 4) is 0 Å². The summed E-state index contributed by atoms with van der Waals surface area (Å²) in [5, 5.41) is 10.3. The number of anilines is 2. The predicted octanol–water partition coefficient (Wildman–Crippen LogP) is 3.00. The van der Waals surface area contributed by atoms with E-state index in [-0.39, 0.29) is 17.7 Å². The highest BCUT2D eigenvalue weighted by Crippen LogP contribution is 2.20. The molecular weight excluding hydrogens is 233 g/mol. The van der Waals surface area contributed by atoms with Gasteiger partial charge in [-0.1, -0.05) is 5.10 Å². The fourth-order valence-electron chi connectivity index (χ4n) is 1.24. The summed E-state index contributed by atoms with van der Waals surface area (Å²) < 4.78 is 18.0. The standard InChI is InChI=1S/C10H9ClFN3O/c1-6-4-7(12)2-3-8(6)13-10-15-14-9(5-11)16-10/h2-4H,5H2,1H3,(H,13,15). The number of aryl methyl sites for hydroxylation is 1. The second-order valence-corrected chi connectivity index (χ2v) is 3.49. The van der Waals surface area contributed by atoms with Crippen LogP contribution < -0.4 is 5.32 Å². The Bertz CT molecular complexity index is 501. The van der Waals surface area contributed by atoms with E-state index < -0.39 is 0 Å². The van der Waals surface area contributed by atoms with Gasteiger partial charge in [-0.25, -0.2) is 4.39 Å². The molecule has 0 saturated carbocycles. The van der Waals surface area contributed by atoms with E-state index in [2.05, 4.69) is 15.5 Å². The maximum absolute atomic E-state index is 12.8. The topological polar surface area (TPSA) is 51.0 Å². The molecule has 84 valence electrons. The van der Waals surface area contributed by atoms with Gasteiger partial charge in [-0.05, 0) is 30.7 Å². The zero-order valence-corrected chi connectivity index (χ0v) is 9.25. The first kappa shape index (κ1) is 10.9. The van der Waals surface area contributed by atoms with Crippen molar-refractivity contribution in [1.29, 1.82) is 0 Å². The van der Waals surface area contributed by atoms with Gasteiger partial charge in [0.1, 0.15) is 11.7 Å². The molecule has 1 aromatic heterocycles.